The zero-order valence-electron chi connectivity index (χ0n) is 16.6. The second kappa shape index (κ2) is 7.09. The van der Waals surface area contributed by atoms with Gasteiger partial charge in [0.25, 0.3) is 0 Å². The first-order valence-corrected chi connectivity index (χ1v) is 14.0. The Kier molecular flexibility index (Phi) is 5.32. The fourth-order valence-electron chi connectivity index (χ4n) is 8.16. The molecule has 4 fully saturated rings. The first-order chi connectivity index (χ1) is 12.0. The van der Waals surface area contributed by atoms with Crippen molar-refractivity contribution < 1.29 is 26.0 Å². The van der Waals surface area contributed by atoms with Crippen molar-refractivity contribution in [3.63, 3.8) is 0 Å². The van der Waals surface area contributed by atoms with E-state index in [-0.39, 0.29) is 0 Å². The third-order valence-electron chi connectivity index (χ3n) is 9.63. The molecule has 144 valence electrons. The molecule has 1 nitrogen and oxygen atoms in total. The predicted octanol–water partition coefficient (Wildman–Crippen LogP) is 2.57. The monoisotopic (exact) mass is 457 g/mol. The second-order valence-corrected chi connectivity index (χ2v) is 13.4. The van der Waals surface area contributed by atoms with Crippen LogP contribution in [0.2, 0.25) is 0 Å². The maximum absolute atomic E-state index is 10.8. The fraction of sp³-hybridized carbons (Fsp3) is 0.957. The van der Waals surface area contributed by atoms with Gasteiger partial charge in [0.05, 0.1) is 0 Å². The molecule has 4 aliphatic rings. The van der Waals surface area contributed by atoms with Gasteiger partial charge in [-0.1, -0.05) is 0 Å². The summed E-state index contributed by atoms with van der Waals surface area (Å²) in [6, 6.07) is 0. The average molecular weight is 457 g/mol. The molecule has 0 aromatic rings. The third kappa shape index (κ3) is 2.95. The topological polar surface area (TPSA) is 17.1 Å². The molecular formula is C23H38IO-. The Labute approximate surface area is 165 Å². The van der Waals surface area contributed by atoms with Crippen LogP contribution < -0.4 is 21.2 Å². The molecule has 0 spiro atoms. The van der Waals surface area contributed by atoms with E-state index in [1.54, 1.807) is 28.1 Å². The molecule has 1 saturated heterocycles. The molecule has 1 aliphatic heterocycles. The Morgan fingerprint density at radius 3 is 2.64 bits per heavy atom. The number of halogens is 1. The van der Waals surface area contributed by atoms with E-state index in [2.05, 4.69) is 20.8 Å². The van der Waals surface area contributed by atoms with E-state index in [1.165, 1.54) is 25.7 Å². The van der Waals surface area contributed by atoms with Gasteiger partial charge in [0.15, 0.2) is 0 Å². The van der Waals surface area contributed by atoms with Crippen LogP contribution in [0.5, 0.6) is 0 Å². The summed E-state index contributed by atoms with van der Waals surface area (Å²) in [5.41, 5.74) is 1.28. The second-order valence-electron chi connectivity index (χ2n) is 10.4. The summed E-state index contributed by atoms with van der Waals surface area (Å²) in [6.07, 6.45) is 13.6. The van der Waals surface area contributed by atoms with E-state index in [9.17, 15) is 4.79 Å². The molecule has 4 rings (SSSR count). The molecule has 3 aliphatic carbocycles. The summed E-state index contributed by atoms with van der Waals surface area (Å²) in [5.74, 6) is 5.76. The fourth-order valence-corrected chi connectivity index (χ4v) is 12.3. The van der Waals surface area contributed by atoms with Crippen molar-refractivity contribution in [2.75, 3.05) is 8.86 Å². The number of aldehydes is 1. The molecule has 25 heavy (non-hydrogen) atoms. The van der Waals surface area contributed by atoms with Gasteiger partial charge in [-0.2, -0.15) is 0 Å². The SMILES string of the molecule is C[C@H](CCC=O)C1CCC2C3CCC4C[I-]CC[C@]4(C)C3CC[C@@]21C. The molecule has 0 N–H and O–H groups in total. The summed E-state index contributed by atoms with van der Waals surface area (Å²) < 4.78 is 3.23. The summed E-state index contributed by atoms with van der Waals surface area (Å²) >= 11 is 0.538. The van der Waals surface area contributed by atoms with Crippen molar-refractivity contribution >= 4 is 6.29 Å². The Morgan fingerprint density at radius 1 is 1.04 bits per heavy atom. The Morgan fingerprint density at radius 2 is 1.84 bits per heavy atom. The Balaban J connectivity index is 1.54. The van der Waals surface area contributed by atoms with Gasteiger partial charge in [0, 0.05) is 0 Å². The number of fused-ring (bicyclic) bond motifs is 5. The van der Waals surface area contributed by atoms with Crippen LogP contribution in [0.1, 0.15) is 78.6 Å². The van der Waals surface area contributed by atoms with Gasteiger partial charge in [-0.15, -0.1) is 0 Å². The van der Waals surface area contributed by atoms with Gasteiger partial charge in [-0.05, 0) is 0 Å². The van der Waals surface area contributed by atoms with Gasteiger partial charge < -0.3 is 4.79 Å². The van der Waals surface area contributed by atoms with Crippen molar-refractivity contribution in [2.45, 2.75) is 78.6 Å². The predicted molar refractivity (Wildman–Crippen MR) is 100 cm³/mol. The van der Waals surface area contributed by atoms with E-state index >= 15 is 0 Å². The summed E-state index contributed by atoms with van der Waals surface area (Å²) in [4.78, 5) is 10.8. The summed E-state index contributed by atoms with van der Waals surface area (Å²) in [5, 5.41) is 0. The maximum atomic E-state index is 10.8. The number of rotatable bonds is 4. The number of alkyl halides is 2. The van der Waals surface area contributed by atoms with Crippen LogP contribution in [0.3, 0.4) is 0 Å². The van der Waals surface area contributed by atoms with E-state index in [4.69, 9.17) is 0 Å². The van der Waals surface area contributed by atoms with Gasteiger partial charge in [0.1, 0.15) is 0 Å². The normalized spacial score (nSPS) is 50.8. The average Bonchev–Trinajstić information content (AvgIpc) is 2.96. The van der Waals surface area contributed by atoms with Gasteiger partial charge in [0.2, 0.25) is 0 Å². The molecule has 0 bridgehead atoms. The molecular weight excluding hydrogens is 419 g/mol. The molecule has 3 saturated carbocycles. The van der Waals surface area contributed by atoms with E-state index < -0.39 is 0 Å². The van der Waals surface area contributed by atoms with E-state index in [0.29, 0.717) is 32.0 Å². The quantitative estimate of drug-likeness (QED) is 0.360. The Bertz CT molecular complexity index is 504. The standard InChI is InChI=1S/C23H38IO/c1-16(5-4-14-25)19-8-9-20-18-7-6-17-15-24-13-12-22(17,2)21(18)10-11-23(19,20)3/h14,16-21H,4-13,15H2,1-3H3/q-1/t16-,17?,18?,19?,20?,21?,22+,23-/m1/s1. The molecule has 0 radical (unpaired) electrons. The molecule has 0 aromatic heterocycles. The number of hydrogen-bond acceptors (Lipinski definition) is 1. The first kappa shape index (κ1) is 18.7. The summed E-state index contributed by atoms with van der Waals surface area (Å²) in [7, 11) is 0. The van der Waals surface area contributed by atoms with Crippen molar-refractivity contribution in [1.29, 1.82) is 0 Å². The number of carbonyl (C=O) groups excluding carboxylic acids is 1. The van der Waals surface area contributed by atoms with Crippen LogP contribution in [0.4, 0.5) is 0 Å². The van der Waals surface area contributed by atoms with Gasteiger partial charge in [-0.25, -0.2) is 0 Å². The molecule has 5 unspecified atom stereocenters. The molecule has 8 atom stereocenters. The third-order valence-corrected chi connectivity index (χ3v) is 12.6. The van der Waals surface area contributed by atoms with E-state index in [0.717, 1.165) is 54.6 Å². The minimum atomic E-state index is 0.538. The molecule has 0 amide bonds. The number of hydrogen-bond donors (Lipinski definition) is 0. The van der Waals surface area contributed by atoms with Crippen molar-refractivity contribution in [1.82, 2.24) is 0 Å². The van der Waals surface area contributed by atoms with Crippen LogP contribution in [-0.2, 0) is 4.79 Å². The van der Waals surface area contributed by atoms with Gasteiger partial charge >= 0.3 is 161 Å². The van der Waals surface area contributed by atoms with Crippen LogP contribution in [0.25, 0.3) is 0 Å². The van der Waals surface area contributed by atoms with Crippen molar-refractivity contribution in [3.05, 3.63) is 0 Å². The summed E-state index contributed by atoms with van der Waals surface area (Å²) in [6.45, 7) is 7.81. The zero-order chi connectivity index (χ0) is 17.7. The van der Waals surface area contributed by atoms with Crippen molar-refractivity contribution in [2.24, 2.45) is 46.3 Å². The van der Waals surface area contributed by atoms with Crippen molar-refractivity contribution in [3.8, 4) is 0 Å². The van der Waals surface area contributed by atoms with Crippen LogP contribution in [0, 0.1) is 46.3 Å². The van der Waals surface area contributed by atoms with Crippen LogP contribution in [-0.4, -0.2) is 15.1 Å². The zero-order valence-corrected chi connectivity index (χ0v) is 18.8. The molecule has 2 heteroatoms. The molecule has 1 heterocycles. The minimum absolute atomic E-state index is 0.538. The van der Waals surface area contributed by atoms with E-state index in [1.807, 2.05) is 0 Å². The number of carbonyl (C=O) groups is 1. The molecule has 0 aromatic carbocycles. The van der Waals surface area contributed by atoms with Crippen LogP contribution in [0.15, 0.2) is 0 Å². The Hall–Kier alpha value is 0.400. The van der Waals surface area contributed by atoms with Crippen LogP contribution >= 0.6 is 0 Å². The first-order valence-electron chi connectivity index (χ1n) is 11.0. The van der Waals surface area contributed by atoms with Gasteiger partial charge in [-0.3, -0.25) is 0 Å².